The lowest BCUT2D eigenvalue weighted by molar-refractivity contribution is -0.123. The van der Waals surface area contributed by atoms with E-state index in [-0.39, 0.29) is 18.2 Å². The molecule has 2 N–H and O–H groups in total. The molecule has 0 aliphatic carbocycles. The zero-order chi connectivity index (χ0) is 23.1. The predicted molar refractivity (Wildman–Crippen MR) is 117 cm³/mol. The van der Waals surface area contributed by atoms with E-state index in [4.69, 9.17) is 14.5 Å². The molecule has 3 amide bonds. The van der Waals surface area contributed by atoms with Gasteiger partial charge in [-0.3, -0.25) is 10.1 Å². The molecule has 3 aromatic rings. The Kier molecular flexibility index (Phi) is 7.50. The molecule has 3 rings (SSSR count). The molecule has 0 atom stereocenters. The average Bonchev–Trinajstić information content (AvgIpc) is 3.22. The second-order valence-electron chi connectivity index (χ2n) is 7.21. The van der Waals surface area contributed by atoms with Crippen LogP contribution in [0, 0.1) is 0 Å². The van der Waals surface area contributed by atoms with Crippen LogP contribution < -0.4 is 10.6 Å². The van der Waals surface area contributed by atoms with Gasteiger partial charge in [-0.15, -0.1) is 0 Å². The minimum Gasteiger partial charge on any atom is -0.452 e. The number of imide groups is 1. The van der Waals surface area contributed by atoms with Gasteiger partial charge in [0, 0.05) is 25.3 Å². The van der Waals surface area contributed by atoms with Crippen LogP contribution in [0.3, 0.4) is 0 Å². The Balaban J connectivity index is 1.80. The Morgan fingerprint density at radius 1 is 1.16 bits per heavy atom. The van der Waals surface area contributed by atoms with Crippen LogP contribution in [-0.4, -0.2) is 59.5 Å². The van der Waals surface area contributed by atoms with Crippen LogP contribution in [0.2, 0.25) is 0 Å². The van der Waals surface area contributed by atoms with Gasteiger partial charge in [0.05, 0.1) is 29.4 Å². The van der Waals surface area contributed by atoms with Crippen molar-refractivity contribution in [3.63, 3.8) is 0 Å². The molecule has 2 aromatic heterocycles. The van der Waals surface area contributed by atoms with Gasteiger partial charge in [-0.2, -0.15) is 5.10 Å². The standard InChI is InChI=1S/C22H25N5O5/c1-14(2)27-20-17(12-24-27)16(11-18(25-20)15-7-5-4-6-8-15)21(29)32-13-19(28)26-22(30)23-9-10-31-3/h4-8,11-12,14H,9-10,13H2,1-3H3,(H2,23,26,28,30). The van der Waals surface area contributed by atoms with Crippen molar-refractivity contribution in [3.8, 4) is 11.3 Å². The topological polar surface area (TPSA) is 124 Å². The van der Waals surface area contributed by atoms with Gasteiger partial charge in [0.15, 0.2) is 12.3 Å². The van der Waals surface area contributed by atoms with E-state index < -0.39 is 24.5 Å². The van der Waals surface area contributed by atoms with Crippen molar-refractivity contribution in [3.05, 3.63) is 48.2 Å². The zero-order valence-corrected chi connectivity index (χ0v) is 18.1. The molecule has 0 aliphatic heterocycles. The minimum absolute atomic E-state index is 0.0253. The number of benzene rings is 1. The van der Waals surface area contributed by atoms with E-state index >= 15 is 0 Å². The highest BCUT2D eigenvalue weighted by Crippen LogP contribution is 2.26. The second-order valence-corrected chi connectivity index (χ2v) is 7.21. The van der Waals surface area contributed by atoms with Crippen molar-refractivity contribution in [2.75, 3.05) is 26.9 Å². The largest absolute Gasteiger partial charge is 0.452 e. The van der Waals surface area contributed by atoms with Gasteiger partial charge in [-0.1, -0.05) is 30.3 Å². The third-order valence-electron chi connectivity index (χ3n) is 4.52. The van der Waals surface area contributed by atoms with Gasteiger partial charge in [-0.05, 0) is 19.9 Å². The fourth-order valence-corrected chi connectivity index (χ4v) is 3.00. The van der Waals surface area contributed by atoms with E-state index in [1.165, 1.54) is 7.11 Å². The smallest absolute Gasteiger partial charge is 0.339 e. The Labute approximate surface area is 184 Å². The van der Waals surface area contributed by atoms with Gasteiger partial charge in [0.25, 0.3) is 5.91 Å². The average molecular weight is 439 g/mol. The Bertz CT molecular complexity index is 1110. The fraction of sp³-hybridized carbons (Fsp3) is 0.318. The first-order valence-electron chi connectivity index (χ1n) is 10.1. The molecule has 32 heavy (non-hydrogen) atoms. The minimum atomic E-state index is -0.750. The molecular weight excluding hydrogens is 414 g/mol. The monoisotopic (exact) mass is 439 g/mol. The van der Waals surface area contributed by atoms with Crippen LogP contribution in [0.4, 0.5) is 4.79 Å². The molecule has 0 fully saturated rings. The molecule has 2 heterocycles. The summed E-state index contributed by atoms with van der Waals surface area (Å²) >= 11 is 0. The SMILES string of the molecule is COCCNC(=O)NC(=O)COC(=O)c1cc(-c2ccccc2)nc2c1cnn2C(C)C. The predicted octanol–water partition coefficient (Wildman–Crippen LogP) is 2.31. The van der Waals surface area contributed by atoms with Crippen molar-refractivity contribution in [1.29, 1.82) is 0 Å². The summed E-state index contributed by atoms with van der Waals surface area (Å²) in [4.78, 5) is 41.1. The third-order valence-corrected chi connectivity index (χ3v) is 4.52. The molecule has 0 saturated carbocycles. The molecule has 0 radical (unpaired) electrons. The lowest BCUT2D eigenvalue weighted by Gasteiger charge is -2.11. The van der Waals surface area contributed by atoms with E-state index in [2.05, 4.69) is 15.7 Å². The maximum absolute atomic E-state index is 12.8. The van der Waals surface area contributed by atoms with Crippen LogP contribution in [0.15, 0.2) is 42.6 Å². The number of rotatable bonds is 8. The van der Waals surface area contributed by atoms with Crippen LogP contribution in [0.25, 0.3) is 22.3 Å². The van der Waals surface area contributed by atoms with Gasteiger partial charge < -0.3 is 14.8 Å². The molecule has 1 aromatic carbocycles. The van der Waals surface area contributed by atoms with Crippen molar-refractivity contribution in [2.45, 2.75) is 19.9 Å². The van der Waals surface area contributed by atoms with Gasteiger partial charge in [-0.25, -0.2) is 19.3 Å². The number of esters is 1. The number of hydrogen-bond donors (Lipinski definition) is 2. The molecule has 0 bridgehead atoms. The molecule has 0 aliphatic rings. The van der Waals surface area contributed by atoms with Crippen LogP contribution in [0.1, 0.15) is 30.2 Å². The summed E-state index contributed by atoms with van der Waals surface area (Å²) < 4.78 is 11.7. The molecular formula is C22H25N5O5. The van der Waals surface area contributed by atoms with Crippen molar-refractivity contribution in [1.82, 2.24) is 25.4 Å². The molecule has 168 valence electrons. The normalized spacial score (nSPS) is 10.9. The maximum atomic E-state index is 12.8. The summed E-state index contributed by atoms with van der Waals surface area (Å²) in [5.74, 6) is -1.47. The fourth-order valence-electron chi connectivity index (χ4n) is 3.00. The molecule has 10 nitrogen and oxygen atoms in total. The Morgan fingerprint density at radius 3 is 2.59 bits per heavy atom. The number of amides is 3. The summed E-state index contributed by atoms with van der Waals surface area (Å²) in [6.45, 7) is 3.86. The van der Waals surface area contributed by atoms with E-state index in [0.717, 1.165) is 5.56 Å². The van der Waals surface area contributed by atoms with E-state index in [9.17, 15) is 14.4 Å². The molecule has 0 unspecified atom stereocenters. The lowest BCUT2D eigenvalue weighted by Crippen LogP contribution is -2.42. The van der Waals surface area contributed by atoms with Crippen LogP contribution in [0.5, 0.6) is 0 Å². The number of carbonyl (C=O) groups is 3. The highest BCUT2D eigenvalue weighted by Gasteiger charge is 2.20. The number of hydrogen-bond acceptors (Lipinski definition) is 7. The quantitative estimate of drug-likeness (QED) is 0.408. The first-order chi connectivity index (χ1) is 15.4. The van der Waals surface area contributed by atoms with E-state index in [0.29, 0.717) is 23.3 Å². The molecule has 10 heteroatoms. The number of carbonyl (C=O) groups excluding carboxylic acids is 3. The number of nitrogens with one attached hydrogen (secondary N) is 2. The summed E-state index contributed by atoms with van der Waals surface area (Å²) in [5.41, 5.74) is 2.17. The summed E-state index contributed by atoms with van der Waals surface area (Å²) in [6, 6.07) is 10.4. The summed E-state index contributed by atoms with van der Waals surface area (Å²) in [5, 5.41) is 9.39. The number of aromatic nitrogens is 3. The highest BCUT2D eigenvalue weighted by molar-refractivity contribution is 6.04. The Morgan fingerprint density at radius 2 is 1.91 bits per heavy atom. The first-order valence-corrected chi connectivity index (χ1v) is 10.1. The van der Waals surface area contributed by atoms with E-state index in [1.54, 1.807) is 16.9 Å². The Hall–Kier alpha value is -3.79. The first kappa shape index (κ1) is 22.9. The molecule has 0 saturated heterocycles. The number of ether oxygens (including phenoxy) is 2. The maximum Gasteiger partial charge on any atom is 0.339 e. The summed E-state index contributed by atoms with van der Waals surface area (Å²) in [7, 11) is 1.49. The number of urea groups is 1. The number of methoxy groups -OCH3 is 1. The second kappa shape index (κ2) is 10.5. The molecule has 0 spiro atoms. The van der Waals surface area contributed by atoms with Crippen LogP contribution in [-0.2, 0) is 14.3 Å². The number of pyridine rings is 1. The number of nitrogens with zero attached hydrogens (tertiary/aromatic N) is 3. The van der Waals surface area contributed by atoms with Crippen molar-refractivity contribution >= 4 is 28.9 Å². The number of fused-ring (bicyclic) bond motifs is 1. The van der Waals surface area contributed by atoms with Crippen molar-refractivity contribution in [2.24, 2.45) is 0 Å². The highest BCUT2D eigenvalue weighted by atomic mass is 16.5. The summed E-state index contributed by atoms with van der Waals surface area (Å²) in [6.07, 6.45) is 1.55. The van der Waals surface area contributed by atoms with E-state index in [1.807, 2.05) is 44.2 Å². The zero-order valence-electron chi connectivity index (χ0n) is 18.1. The van der Waals surface area contributed by atoms with Crippen molar-refractivity contribution < 1.29 is 23.9 Å². The van der Waals surface area contributed by atoms with Gasteiger partial charge >= 0.3 is 12.0 Å². The van der Waals surface area contributed by atoms with Crippen LogP contribution >= 0.6 is 0 Å². The lowest BCUT2D eigenvalue weighted by atomic mass is 10.1. The van der Waals surface area contributed by atoms with Gasteiger partial charge in [0.2, 0.25) is 0 Å². The third kappa shape index (κ3) is 5.46. The van der Waals surface area contributed by atoms with Gasteiger partial charge in [0.1, 0.15) is 0 Å².